The Morgan fingerprint density at radius 1 is 1.15 bits per heavy atom. The number of nitrogens with zero attached hydrogens (tertiary/aromatic N) is 3. The van der Waals surface area contributed by atoms with E-state index in [0.29, 0.717) is 22.9 Å². The van der Waals surface area contributed by atoms with Gasteiger partial charge < -0.3 is 9.15 Å². The first-order valence-corrected chi connectivity index (χ1v) is 10.4. The van der Waals surface area contributed by atoms with E-state index in [1.54, 1.807) is 36.4 Å². The number of esters is 1. The molecule has 3 aromatic rings. The molecule has 2 aromatic carbocycles. The molecule has 1 aliphatic rings. The third kappa shape index (κ3) is 4.89. The van der Waals surface area contributed by atoms with Crippen molar-refractivity contribution in [3.05, 3.63) is 97.9 Å². The Hall–Kier alpha value is -3.69. The molecule has 0 radical (unpaired) electrons. The van der Waals surface area contributed by atoms with Crippen LogP contribution in [-0.2, 0) is 9.53 Å². The average Bonchev–Trinajstić information content (AvgIpc) is 3.47. The van der Waals surface area contributed by atoms with E-state index in [1.807, 2.05) is 0 Å². The largest absolute Gasteiger partial charge is 0.467 e. The molecular formula is C22H15Cl2N3O6. The number of furan rings is 1. The molecule has 0 saturated heterocycles. The van der Waals surface area contributed by atoms with E-state index in [-0.39, 0.29) is 10.6 Å². The summed E-state index contributed by atoms with van der Waals surface area (Å²) in [7, 11) is 0. The Labute approximate surface area is 197 Å². The quantitative estimate of drug-likeness (QED) is 0.273. The van der Waals surface area contributed by atoms with E-state index in [1.165, 1.54) is 17.3 Å². The molecule has 0 unspecified atom stereocenters. The zero-order valence-corrected chi connectivity index (χ0v) is 18.3. The number of halogens is 2. The zero-order chi connectivity index (χ0) is 23.5. The van der Waals surface area contributed by atoms with Crippen molar-refractivity contribution in [1.82, 2.24) is 5.01 Å². The molecule has 0 bridgehead atoms. The summed E-state index contributed by atoms with van der Waals surface area (Å²) in [5.74, 6) is -1.17. The summed E-state index contributed by atoms with van der Waals surface area (Å²) in [6.07, 6.45) is 1.85. The lowest BCUT2D eigenvalue weighted by Gasteiger charge is -2.19. The van der Waals surface area contributed by atoms with E-state index in [4.69, 9.17) is 32.4 Å². The molecule has 0 N–H and O–H groups in total. The summed E-state index contributed by atoms with van der Waals surface area (Å²) in [5, 5.41) is 17.5. The van der Waals surface area contributed by atoms with Gasteiger partial charge in [-0.2, -0.15) is 5.10 Å². The van der Waals surface area contributed by atoms with Crippen LogP contribution in [0.25, 0.3) is 0 Å². The van der Waals surface area contributed by atoms with Crippen molar-refractivity contribution in [2.75, 3.05) is 6.61 Å². The third-order valence-electron chi connectivity index (χ3n) is 4.92. The molecule has 168 valence electrons. The molecule has 9 nitrogen and oxygen atoms in total. The number of carbonyl (C=O) groups excluding carboxylic acids is 2. The molecule has 33 heavy (non-hydrogen) atoms. The van der Waals surface area contributed by atoms with Crippen molar-refractivity contribution >= 4 is 46.5 Å². The highest BCUT2D eigenvalue weighted by Gasteiger charge is 2.35. The van der Waals surface area contributed by atoms with Crippen LogP contribution in [0.4, 0.5) is 5.69 Å². The molecular weight excluding hydrogens is 473 g/mol. The van der Waals surface area contributed by atoms with E-state index in [0.717, 1.165) is 17.7 Å². The first-order chi connectivity index (χ1) is 15.8. The van der Waals surface area contributed by atoms with Gasteiger partial charge >= 0.3 is 5.97 Å². The van der Waals surface area contributed by atoms with E-state index < -0.39 is 35.1 Å². The molecule has 2 heterocycles. The standard InChI is InChI=1S/C22H15Cl2N3O6/c23-14-5-3-13(4-6-14)17-11-19(20-2-1-9-32-20)26(25-17)21(28)12-33-22(29)16-10-15(24)7-8-18(16)27(30)31/h1-10,19H,11-12H2/t19-/m1/s1. The number of nitro benzene ring substituents is 1. The fraction of sp³-hybridized carbons (Fsp3) is 0.136. The van der Waals surface area contributed by atoms with Crippen molar-refractivity contribution in [1.29, 1.82) is 0 Å². The number of benzene rings is 2. The lowest BCUT2D eigenvalue weighted by Crippen LogP contribution is -2.31. The van der Waals surface area contributed by atoms with Crippen LogP contribution in [0.1, 0.15) is 34.1 Å². The highest BCUT2D eigenvalue weighted by Crippen LogP contribution is 2.33. The highest BCUT2D eigenvalue weighted by molar-refractivity contribution is 6.31. The smallest absolute Gasteiger partial charge is 0.345 e. The maximum atomic E-state index is 12.9. The van der Waals surface area contributed by atoms with Gasteiger partial charge in [0.15, 0.2) is 6.61 Å². The molecule has 1 atom stereocenters. The maximum absolute atomic E-state index is 12.9. The summed E-state index contributed by atoms with van der Waals surface area (Å²) < 4.78 is 10.5. The number of hydrogen-bond acceptors (Lipinski definition) is 7. The number of rotatable bonds is 6. The van der Waals surface area contributed by atoms with Crippen LogP contribution in [0.2, 0.25) is 10.0 Å². The van der Waals surface area contributed by atoms with Crippen molar-refractivity contribution in [2.24, 2.45) is 5.10 Å². The Balaban J connectivity index is 1.54. The minimum absolute atomic E-state index is 0.119. The number of hydrogen-bond donors (Lipinski definition) is 0. The van der Waals surface area contributed by atoms with Gasteiger partial charge in [-0.25, -0.2) is 9.80 Å². The first-order valence-electron chi connectivity index (χ1n) is 9.63. The number of carbonyl (C=O) groups is 2. The minimum atomic E-state index is -1.05. The minimum Gasteiger partial charge on any atom is -0.467 e. The molecule has 11 heteroatoms. The number of hydrazone groups is 1. The van der Waals surface area contributed by atoms with Gasteiger partial charge in [-0.05, 0) is 42.0 Å². The van der Waals surface area contributed by atoms with Crippen LogP contribution in [0, 0.1) is 10.1 Å². The normalized spacial score (nSPS) is 15.3. The van der Waals surface area contributed by atoms with E-state index in [2.05, 4.69) is 5.10 Å². The van der Waals surface area contributed by atoms with Crippen LogP contribution in [0.15, 0.2) is 70.4 Å². The van der Waals surface area contributed by atoms with Crippen LogP contribution >= 0.6 is 23.2 Å². The molecule has 0 spiro atoms. The molecule has 0 saturated carbocycles. The lowest BCUT2D eigenvalue weighted by atomic mass is 10.0. The summed E-state index contributed by atoms with van der Waals surface area (Å²) in [5.41, 5.74) is 0.570. The summed E-state index contributed by atoms with van der Waals surface area (Å²) in [6, 6.07) is 13.4. The van der Waals surface area contributed by atoms with Crippen molar-refractivity contribution < 1.29 is 23.7 Å². The monoisotopic (exact) mass is 487 g/mol. The van der Waals surface area contributed by atoms with Gasteiger partial charge in [-0.15, -0.1) is 0 Å². The first kappa shape index (κ1) is 22.5. The molecule has 0 fully saturated rings. The Morgan fingerprint density at radius 2 is 1.88 bits per heavy atom. The van der Waals surface area contributed by atoms with Crippen LogP contribution in [0.5, 0.6) is 0 Å². The average molecular weight is 488 g/mol. The molecule has 1 amide bonds. The summed E-state index contributed by atoms with van der Waals surface area (Å²) in [4.78, 5) is 35.8. The molecule has 1 aliphatic heterocycles. The Morgan fingerprint density at radius 3 is 2.55 bits per heavy atom. The second kappa shape index (κ2) is 9.43. The summed E-state index contributed by atoms with van der Waals surface area (Å²) in [6.45, 7) is -0.683. The predicted molar refractivity (Wildman–Crippen MR) is 119 cm³/mol. The van der Waals surface area contributed by atoms with Gasteiger partial charge in [-0.1, -0.05) is 35.3 Å². The van der Waals surface area contributed by atoms with Gasteiger partial charge in [0.25, 0.3) is 11.6 Å². The molecule has 1 aromatic heterocycles. The van der Waals surface area contributed by atoms with E-state index >= 15 is 0 Å². The zero-order valence-electron chi connectivity index (χ0n) is 16.8. The van der Waals surface area contributed by atoms with Crippen molar-refractivity contribution in [2.45, 2.75) is 12.5 Å². The lowest BCUT2D eigenvalue weighted by molar-refractivity contribution is -0.385. The number of ether oxygens (including phenoxy) is 1. The second-order valence-electron chi connectivity index (χ2n) is 7.02. The van der Waals surface area contributed by atoms with Gasteiger partial charge in [0.2, 0.25) is 0 Å². The maximum Gasteiger partial charge on any atom is 0.345 e. The molecule has 0 aliphatic carbocycles. The fourth-order valence-electron chi connectivity index (χ4n) is 3.36. The third-order valence-corrected chi connectivity index (χ3v) is 5.40. The SMILES string of the molecule is O=C(OCC(=O)N1N=C(c2ccc(Cl)cc2)C[C@@H]1c1ccco1)c1cc(Cl)ccc1[N+](=O)[O-]. The van der Waals surface area contributed by atoms with Crippen LogP contribution in [0.3, 0.4) is 0 Å². The number of amides is 1. The fourth-order valence-corrected chi connectivity index (χ4v) is 3.66. The number of nitro groups is 1. The topological polar surface area (TPSA) is 115 Å². The van der Waals surface area contributed by atoms with E-state index in [9.17, 15) is 19.7 Å². The Kier molecular flexibility index (Phi) is 6.43. The van der Waals surface area contributed by atoms with Crippen LogP contribution in [-0.4, -0.2) is 34.1 Å². The molecule has 4 rings (SSSR count). The van der Waals surface area contributed by atoms with Crippen molar-refractivity contribution in [3.63, 3.8) is 0 Å². The van der Waals surface area contributed by atoms with Crippen molar-refractivity contribution in [3.8, 4) is 0 Å². The van der Waals surface area contributed by atoms with Crippen LogP contribution < -0.4 is 0 Å². The van der Waals surface area contributed by atoms with Gasteiger partial charge in [0, 0.05) is 22.5 Å². The van der Waals surface area contributed by atoms with Gasteiger partial charge in [0.05, 0.1) is 16.9 Å². The second-order valence-corrected chi connectivity index (χ2v) is 7.89. The summed E-state index contributed by atoms with van der Waals surface area (Å²) >= 11 is 11.8. The Bertz CT molecular complexity index is 1240. The predicted octanol–water partition coefficient (Wildman–Crippen LogP) is 5.03. The van der Waals surface area contributed by atoms with Gasteiger partial charge in [0.1, 0.15) is 17.4 Å². The van der Waals surface area contributed by atoms with Gasteiger partial charge in [-0.3, -0.25) is 14.9 Å². The highest BCUT2D eigenvalue weighted by atomic mass is 35.5.